The Morgan fingerprint density at radius 3 is 2.71 bits per heavy atom. The number of thiophene rings is 1. The van der Waals surface area contributed by atoms with Crippen LogP contribution in [0.3, 0.4) is 0 Å². The van der Waals surface area contributed by atoms with Gasteiger partial charge in [0.05, 0.1) is 6.54 Å². The molecule has 1 aromatic rings. The number of carbonyl (C=O) groups excluding carboxylic acids is 2. The van der Waals surface area contributed by atoms with Crippen molar-refractivity contribution in [1.82, 2.24) is 15.1 Å². The summed E-state index contributed by atoms with van der Waals surface area (Å²) in [5.41, 5.74) is 0. The lowest BCUT2D eigenvalue weighted by Crippen LogP contribution is -2.47. The van der Waals surface area contributed by atoms with Gasteiger partial charge in [-0.05, 0) is 18.4 Å². The first-order chi connectivity index (χ1) is 9.93. The molecule has 0 aliphatic heterocycles. The zero-order valence-electron chi connectivity index (χ0n) is 12.8. The van der Waals surface area contributed by atoms with Crippen LogP contribution in [0.25, 0.3) is 0 Å². The number of amides is 2. The molecule has 0 radical (unpaired) electrons. The Bertz CT molecular complexity index is 471. The third-order valence-corrected chi connectivity index (χ3v) is 3.76. The maximum absolute atomic E-state index is 12.0. The van der Waals surface area contributed by atoms with Gasteiger partial charge in [0, 0.05) is 32.1 Å². The van der Waals surface area contributed by atoms with E-state index in [0.717, 1.165) is 0 Å². The van der Waals surface area contributed by atoms with E-state index >= 15 is 0 Å². The molecule has 0 fully saturated rings. The monoisotopic (exact) mass is 309 g/mol. The predicted molar refractivity (Wildman–Crippen MR) is 86.1 cm³/mol. The molecule has 0 spiro atoms. The van der Waals surface area contributed by atoms with E-state index in [1.807, 2.05) is 22.4 Å². The van der Waals surface area contributed by atoms with Crippen molar-refractivity contribution in [2.75, 3.05) is 27.2 Å². The third-order valence-electron chi connectivity index (χ3n) is 2.90. The van der Waals surface area contributed by atoms with E-state index in [9.17, 15) is 9.59 Å². The topological polar surface area (TPSA) is 52.7 Å². The summed E-state index contributed by atoms with van der Waals surface area (Å²) in [6.07, 6.45) is 1.77. The van der Waals surface area contributed by atoms with Gasteiger partial charge in [0.2, 0.25) is 11.8 Å². The maximum Gasteiger partial charge on any atom is 0.244 e. The minimum Gasteiger partial charge on any atom is -0.347 e. The zero-order chi connectivity index (χ0) is 15.8. The molecule has 1 heterocycles. The summed E-state index contributed by atoms with van der Waals surface area (Å²) in [5.74, 6) is -0.270. The molecule has 116 valence electrons. The molecular formula is C15H23N3O2S. The molecule has 5 nitrogen and oxygen atoms in total. The van der Waals surface area contributed by atoms with Gasteiger partial charge in [-0.25, -0.2) is 0 Å². The standard InChI is InChI=1S/C15H23N3O2S/c1-5-8-18(10-13-7-6-9-21-13)11-14(19)16-12(2)15(20)17(3)4/h5-7,9,12H,1,8,10-11H2,2-4H3,(H,16,19). The van der Waals surface area contributed by atoms with Gasteiger partial charge in [-0.2, -0.15) is 0 Å². The first-order valence-electron chi connectivity index (χ1n) is 6.80. The van der Waals surface area contributed by atoms with Crippen molar-refractivity contribution >= 4 is 23.2 Å². The lowest BCUT2D eigenvalue weighted by atomic mass is 10.3. The van der Waals surface area contributed by atoms with Crippen molar-refractivity contribution in [3.63, 3.8) is 0 Å². The second kappa shape index (κ2) is 8.59. The average Bonchev–Trinajstić information content (AvgIpc) is 2.90. The molecule has 2 amide bonds. The van der Waals surface area contributed by atoms with Crippen LogP contribution in [0.5, 0.6) is 0 Å². The summed E-state index contributed by atoms with van der Waals surface area (Å²) >= 11 is 1.66. The predicted octanol–water partition coefficient (Wildman–Crippen LogP) is 1.33. The van der Waals surface area contributed by atoms with Crippen LogP contribution in [0.4, 0.5) is 0 Å². The van der Waals surface area contributed by atoms with Gasteiger partial charge in [0.1, 0.15) is 6.04 Å². The number of hydrogen-bond donors (Lipinski definition) is 1. The average molecular weight is 309 g/mol. The summed E-state index contributed by atoms with van der Waals surface area (Å²) in [5, 5.41) is 4.74. The van der Waals surface area contributed by atoms with E-state index < -0.39 is 6.04 Å². The van der Waals surface area contributed by atoms with Crippen molar-refractivity contribution < 1.29 is 9.59 Å². The lowest BCUT2D eigenvalue weighted by Gasteiger charge is -2.22. The van der Waals surface area contributed by atoms with Crippen LogP contribution in [-0.2, 0) is 16.1 Å². The van der Waals surface area contributed by atoms with E-state index in [-0.39, 0.29) is 18.4 Å². The molecule has 0 aliphatic rings. The SMILES string of the molecule is C=CCN(CC(=O)NC(C)C(=O)N(C)C)Cc1cccs1. The number of rotatable bonds is 8. The van der Waals surface area contributed by atoms with Gasteiger partial charge in [0.25, 0.3) is 0 Å². The quantitative estimate of drug-likeness (QED) is 0.737. The van der Waals surface area contributed by atoms with Crippen LogP contribution in [0.2, 0.25) is 0 Å². The lowest BCUT2D eigenvalue weighted by molar-refractivity contribution is -0.134. The molecule has 6 heteroatoms. The van der Waals surface area contributed by atoms with Gasteiger partial charge in [-0.1, -0.05) is 12.1 Å². The fraction of sp³-hybridized carbons (Fsp3) is 0.467. The van der Waals surface area contributed by atoms with Crippen LogP contribution in [-0.4, -0.2) is 54.8 Å². The third kappa shape index (κ3) is 6.10. The van der Waals surface area contributed by atoms with E-state index in [2.05, 4.69) is 11.9 Å². The van der Waals surface area contributed by atoms with Crippen molar-refractivity contribution in [3.05, 3.63) is 35.0 Å². The molecule has 0 saturated heterocycles. The minimum atomic E-state index is -0.514. The van der Waals surface area contributed by atoms with Gasteiger partial charge in [-0.3, -0.25) is 14.5 Å². The van der Waals surface area contributed by atoms with Crippen molar-refractivity contribution in [2.45, 2.75) is 19.5 Å². The Balaban J connectivity index is 2.52. The van der Waals surface area contributed by atoms with Crippen LogP contribution in [0, 0.1) is 0 Å². The molecule has 0 aliphatic carbocycles. The first kappa shape index (κ1) is 17.4. The molecule has 1 N–H and O–H groups in total. The molecule has 1 rings (SSSR count). The van der Waals surface area contributed by atoms with Crippen molar-refractivity contribution in [2.24, 2.45) is 0 Å². The highest BCUT2D eigenvalue weighted by molar-refractivity contribution is 7.09. The van der Waals surface area contributed by atoms with Gasteiger partial charge < -0.3 is 10.2 Å². The van der Waals surface area contributed by atoms with Gasteiger partial charge >= 0.3 is 0 Å². The number of nitrogens with zero attached hydrogens (tertiary/aromatic N) is 2. The van der Waals surface area contributed by atoms with Gasteiger partial charge in [-0.15, -0.1) is 17.9 Å². The van der Waals surface area contributed by atoms with Crippen molar-refractivity contribution in [1.29, 1.82) is 0 Å². The highest BCUT2D eigenvalue weighted by atomic mass is 32.1. The molecule has 0 saturated carbocycles. The highest BCUT2D eigenvalue weighted by Crippen LogP contribution is 2.11. The minimum absolute atomic E-state index is 0.114. The van der Waals surface area contributed by atoms with E-state index in [0.29, 0.717) is 13.1 Å². The maximum atomic E-state index is 12.0. The summed E-state index contributed by atoms with van der Waals surface area (Å²) in [6.45, 7) is 6.98. The largest absolute Gasteiger partial charge is 0.347 e. The van der Waals surface area contributed by atoms with E-state index in [1.54, 1.807) is 38.4 Å². The van der Waals surface area contributed by atoms with E-state index in [1.165, 1.54) is 9.78 Å². The fourth-order valence-corrected chi connectivity index (χ4v) is 2.68. The van der Waals surface area contributed by atoms with Crippen LogP contribution in [0.1, 0.15) is 11.8 Å². The molecular weight excluding hydrogens is 286 g/mol. The number of carbonyl (C=O) groups is 2. The molecule has 0 bridgehead atoms. The Labute approximate surface area is 130 Å². The molecule has 0 aromatic carbocycles. The summed E-state index contributed by atoms with van der Waals surface area (Å²) in [7, 11) is 3.34. The Hall–Kier alpha value is -1.66. The number of hydrogen-bond acceptors (Lipinski definition) is 4. The van der Waals surface area contributed by atoms with Gasteiger partial charge in [0.15, 0.2) is 0 Å². The van der Waals surface area contributed by atoms with E-state index in [4.69, 9.17) is 0 Å². The van der Waals surface area contributed by atoms with Crippen molar-refractivity contribution in [3.8, 4) is 0 Å². The summed E-state index contributed by atoms with van der Waals surface area (Å²) in [4.78, 5) is 28.4. The Kier molecular flexibility index (Phi) is 7.11. The number of likely N-dealkylation sites (N-methyl/N-ethyl adjacent to an activating group) is 1. The second-order valence-electron chi connectivity index (χ2n) is 5.06. The number of nitrogens with one attached hydrogen (secondary N) is 1. The molecule has 21 heavy (non-hydrogen) atoms. The summed E-state index contributed by atoms with van der Waals surface area (Å²) < 4.78 is 0. The van der Waals surface area contributed by atoms with Crippen LogP contribution in [0.15, 0.2) is 30.2 Å². The second-order valence-corrected chi connectivity index (χ2v) is 6.09. The van der Waals surface area contributed by atoms with Crippen LogP contribution < -0.4 is 5.32 Å². The summed E-state index contributed by atoms with van der Waals surface area (Å²) in [6, 6.07) is 3.51. The Morgan fingerprint density at radius 2 is 2.19 bits per heavy atom. The molecule has 1 unspecified atom stereocenters. The first-order valence-corrected chi connectivity index (χ1v) is 7.68. The highest BCUT2D eigenvalue weighted by Gasteiger charge is 2.18. The Morgan fingerprint density at radius 1 is 1.48 bits per heavy atom. The zero-order valence-corrected chi connectivity index (χ0v) is 13.7. The molecule has 1 aromatic heterocycles. The normalized spacial score (nSPS) is 12.0. The molecule has 1 atom stereocenters. The van der Waals surface area contributed by atoms with Crippen LogP contribution >= 0.6 is 11.3 Å². The fourth-order valence-electron chi connectivity index (χ4n) is 1.93. The smallest absolute Gasteiger partial charge is 0.244 e.